The smallest absolute Gasteiger partial charge is 0.144 e. The van der Waals surface area contributed by atoms with Crippen LogP contribution in [0.25, 0.3) is 0 Å². The Morgan fingerprint density at radius 2 is 1.07 bits per heavy atom. The van der Waals surface area contributed by atoms with Gasteiger partial charge in [-0.25, -0.2) is 0 Å². The van der Waals surface area contributed by atoms with Crippen LogP contribution < -0.4 is 0 Å². The molecule has 0 spiro atoms. The third-order valence-electron chi connectivity index (χ3n) is 5.19. The van der Waals surface area contributed by atoms with E-state index in [1.807, 2.05) is 11.3 Å². The molecule has 0 amide bonds. The van der Waals surface area contributed by atoms with Gasteiger partial charge in [-0.3, -0.25) is 0 Å². The Balaban J connectivity index is 1.81. The fraction of sp³-hybridized carbons (Fsp3) is 0.185. The SMILES string of the molecule is CCCc1ccc(COC(c2ccccc2)(c2ccccc2)c2ccccc2)s1. The highest BCUT2D eigenvalue weighted by Crippen LogP contribution is 2.41. The maximum atomic E-state index is 6.88. The second kappa shape index (κ2) is 9.21. The van der Waals surface area contributed by atoms with Gasteiger partial charge in [0.05, 0.1) is 6.61 Å². The molecule has 0 fully saturated rings. The Bertz CT molecular complexity index is 909. The molecule has 1 nitrogen and oxygen atoms in total. The fourth-order valence-electron chi connectivity index (χ4n) is 3.83. The van der Waals surface area contributed by atoms with E-state index in [9.17, 15) is 0 Å². The standard InChI is InChI=1S/C27H26OS/c1-2-12-25-19-20-26(29-25)21-28-27(22-13-6-3-7-14-22,23-15-8-4-9-16-23)24-17-10-5-11-18-24/h3-11,13-20H,2,12,21H2,1H3. The molecule has 0 radical (unpaired) electrons. The highest BCUT2D eigenvalue weighted by atomic mass is 32.1. The molecule has 3 aromatic carbocycles. The maximum absolute atomic E-state index is 6.88. The van der Waals surface area contributed by atoms with Gasteiger partial charge in [0.2, 0.25) is 0 Å². The van der Waals surface area contributed by atoms with Gasteiger partial charge >= 0.3 is 0 Å². The van der Waals surface area contributed by atoms with E-state index in [0.717, 1.165) is 23.1 Å². The summed E-state index contributed by atoms with van der Waals surface area (Å²) in [5, 5.41) is 0. The lowest BCUT2D eigenvalue weighted by atomic mass is 9.80. The molecule has 0 atom stereocenters. The molecule has 2 heteroatoms. The lowest BCUT2D eigenvalue weighted by Crippen LogP contribution is -2.32. The topological polar surface area (TPSA) is 9.23 Å². The first-order valence-corrected chi connectivity index (χ1v) is 11.0. The lowest BCUT2D eigenvalue weighted by molar-refractivity contribution is 0.00164. The van der Waals surface area contributed by atoms with Crippen molar-refractivity contribution in [1.82, 2.24) is 0 Å². The van der Waals surface area contributed by atoms with Gasteiger partial charge < -0.3 is 4.74 Å². The van der Waals surface area contributed by atoms with Crippen LogP contribution in [-0.2, 0) is 23.4 Å². The molecule has 4 aromatic rings. The molecule has 29 heavy (non-hydrogen) atoms. The summed E-state index contributed by atoms with van der Waals surface area (Å²) in [7, 11) is 0. The van der Waals surface area contributed by atoms with Crippen molar-refractivity contribution in [2.45, 2.75) is 32.0 Å². The number of hydrogen-bond acceptors (Lipinski definition) is 2. The van der Waals surface area contributed by atoms with Crippen LogP contribution in [0.4, 0.5) is 0 Å². The zero-order valence-electron chi connectivity index (χ0n) is 16.8. The molecule has 4 rings (SSSR count). The average molecular weight is 399 g/mol. The molecule has 0 unspecified atom stereocenters. The molecule has 1 aromatic heterocycles. The molecular formula is C27H26OS. The van der Waals surface area contributed by atoms with Crippen LogP contribution >= 0.6 is 11.3 Å². The Labute approximate surface area is 177 Å². The van der Waals surface area contributed by atoms with Crippen LogP contribution in [0, 0.1) is 0 Å². The molecule has 0 saturated carbocycles. The van der Waals surface area contributed by atoms with Gasteiger partial charge in [0.1, 0.15) is 5.60 Å². The van der Waals surface area contributed by atoms with Gasteiger partial charge in [0, 0.05) is 9.75 Å². The van der Waals surface area contributed by atoms with Crippen molar-refractivity contribution in [2.75, 3.05) is 0 Å². The molecule has 146 valence electrons. The number of ether oxygens (including phenoxy) is 1. The van der Waals surface area contributed by atoms with E-state index in [4.69, 9.17) is 4.74 Å². The van der Waals surface area contributed by atoms with Crippen LogP contribution in [-0.4, -0.2) is 0 Å². The van der Waals surface area contributed by atoms with Crippen molar-refractivity contribution < 1.29 is 4.74 Å². The Kier molecular flexibility index (Phi) is 6.24. The van der Waals surface area contributed by atoms with E-state index in [1.165, 1.54) is 16.2 Å². The van der Waals surface area contributed by atoms with Crippen LogP contribution in [0.2, 0.25) is 0 Å². The minimum Gasteiger partial charge on any atom is -0.355 e. The highest BCUT2D eigenvalue weighted by Gasteiger charge is 2.37. The second-order valence-corrected chi connectivity index (χ2v) is 8.44. The summed E-state index contributed by atoms with van der Waals surface area (Å²) in [6.45, 7) is 2.80. The van der Waals surface area contributed by atoms with E-state index in [0.29, 0.717) is 6.61 Å². The summed E-state index contributed by atoms with van der Waals surface area (Å²) in [4.78, 5) is 2.69. The van der Waals surface area contributed by atoms with Gasteiger partial charge in [-0.05, 0) is 35.2 Å². The van der Waals surface area contributed by atoms with Crippen molar-refractivity contribution in [3.63, 3.8) is 0 Å². The van der Waals surface area contributed by atoms with E-state index in [2.05, 4.69) is 110 Å². The van der Waals surface area contributed by atoms with Crippen molar-refractivity contribution in [2.24, 2.45) is 0 Å². The van der Waals surface area contributed by atoms with Crippen LogP contribution in [0.1, 0.15) is 39.8 Å². The van der Waals surface area contributed by atoms with Gasteiger partial charge in [-0.15, -0.1) is 11.3 Å². The molecule has 0 aliphatic rings. The normalized spacial score (nSPS) is 11.5. The molecule has 0 N–H and O–H groups in total. The van der Waals surface area contributed by atoms with Crippen molar-refractivity contribution >= 4 is 11.3 Å². The number of thiophene rings is 1. The Hall–Kier alpha value is -2.68. The first-order chi connectivity index (χ1) is 14.3. The quantitative estimate of drug-likeness (QED) is 0.285. The summed E-state index contributed by atoms with van der Waals surface area (Å²) in [6, 6.07) is 36.1. The number of aryl methyl sites for hydroxylation is 1. The molecule has 0 aliphatic heterocycles. The number of hydrogen-bond donors (Lipinski definition) is 0. The van der Waals surface area contributed by atoms with Gasteiger partial charge in [-0.2, -0.15) is 0 Å². The zero-order chi connectivity index (χ0) is 19.9. The first kappa shape index (κ1) is 19.6. The predicted molar refractivity (Wildman–Crippen MR) is 122 cm³/mol. The minimum absolute atomic E-state index is 0.576. The summed E-state index contributed by atoms with van der Waals surface area (Å²) in [6.07, 6.45) is 2.30. The van der Waals surface area contributed by atoms with Crippen LogP contribution in [0.3, 0.4) is 0 Å². The van der Waals surface area contributed by atoms with Crippen LogP contribution in [0.5, 0.6) is 0 Å². The van der Waals surface area contributed by atoms with E-state index >= 15 is 0 Å². The maximum Gasteiger partial charge on any atom is 0.144 e. The zero-order valence-corrected chi connectivity index (χ0v) is 17.6. The summed E-state index contributed by atoms with van der Waals surface area (Å²) >= 11 is 1.86. The van der Waals surface area contributed by atoms with E-state index < -0.39 is 5.60 Å². The van der Waals surface area contributed by atoms with E-state index in [-0.39, 0.29) is 0 Å². The predicted octanol–water partition coefficient (Wildman–Crippen LogP) is 7.21. The van der Waals surface area contributed by atoms with Gasteiger partial charge in [0.15, 0.2) is 0 Å². The first-order valence-electron chi connectivity index (χ1n) is 10.2. The molecule has 0 saturated heterocycles. The minimum atomic E-state index is -0.654. The van der Waals surface area contributed by atoms with E-state index in [1.54, 1.807) is 0 Å². The number of benzene rings is 3. The van der Waals surface area contributed by atoms with Gasteiger partial charge in [0.25, 0.3) is 0 Å². The third kappa shape index (κ3) is 4.19. The summed E-state index contributed by atoms with van der Waals surface area (Å²) in [5.41, 5.74) is 2.77. The highest BCUT2D eigenvalue weighted by molar-refractivity contribution is 7.11. The second-order valence-electron chi connectivity index (χ2n) is 7.19. The lowest BCUT2D eigenvalue weighted by Gasteiger charge is -2.35. The Morgan fingerprint density at radius 1 is 0.621 bits per heavy atom. The number of rotatable bonds is 8. The Morgan fingerprint density at radius 3 is 1.52 bits per heavy atom. The van der Waals surface area contributed by atoms with Crippen LogP contribution in [0.15, 0.2) is 103 Å². The van der Waals surface area contributed by atoms with Crippen molar-refractivity contribution in [3.05, 3.63) is 130 Å². The van der Waals surface area contributed by atoms with Crippen molar-refractivity contribution in [3.8, 4) is 0 Å². The monoisotopic (exact) mass is 398 g/mol. The van der Waals surface area contributed by atoms with Crippen molar-refractivity contribution in [1.29, 1.82) is 0 Å². The largest absolute Gasteiger partial charge is 0.355 e. The third-order valence-corrected chi connectivity index (χ3v) is 6.30. The molecule has 1 heterocycles. The molecular weight excluding hydrogens is 372 g/mol. The fourth-order valence-corrected chi connectivity index (χ4v) is 4.86. The molecule has 0 aliphatic carbocycles. The molecule has 0 bridgehead atoms. The summed E-state index contributed by atoms with van der Waals surface area (Å²) in [5.74, 6) is 0. The van der Waals surface area contributed by atoms with Gasteiger partial charge in [-0.1, -0.05) is 104 Å². The average Bonchev–Trinajstić information content (AvgIpc) is 3.24. The summed E-state index contributed by atoms with van der Waals surface area (Å²) < 4.78 is 6.88.